The van der Waals surface area contributed by atoms with Crippen LogP contribution in [0.1, 0.15) is 12.5 Å². The van der Waals surface area contributed by atoms with E-state index in [0.717, 1.165) is 4.57 Å². The first-order valence-corrected chi connectivity index (χ1v) is 8.07. The Bertz CT molecular complexity index is 1180. The van der Waals surface area contributed by atoms with Crippen molar-refractivity contribution in [1.29, 1.82) is 0 Å². The van der Waals surface area contributed by atoms with Gasteiger partial charge in [0.2, 0.25) is 6.33 Å². The molecule has 0 aliphatic heterocycles. The minimum atomic E-state index is -0.512. The smallest absolute Gasteiger partial charge is 0.333 e. The average Bonchev–Trinajstić information content (AvgIpc) is 3.06. The summed E-state index contributed by atoms with van der Waals surface area (Å²) in [4.78, 5) is 39.4. The first-order valence-electron chi connectivity index (χ1n) is 8.07. The summed E-state index contributed by atoms with van der Waals surface area (Å²) in [5.74, 6) is -0.678. The van der Waals surface area contributed by atoms with Crippen molar-refractivity contribution in [3.05, 3.63) is 57.0 Å². The molecule has 0 unspecified atom stereocenters. The van der Waals surface area contributed by atoms with Gasteiger partial charge in [-0.1, -0.05) is 30.0 Å². The number of carbonyl (C=O) groups is 1. The summed E-state index contributed by atoms with van der Waals surface area (Å²) >= 11 is 0. The first kappa shape index (κ1) is 18.1. The summed E-state index contributed by atoms with van der Waals surface area (Å²) in [6, 6.07) is 6.36. The van der Waals surface area contributed by atoms with Crippen LogP contribution < -0.4 is 26.3 Å². The van der Waals surface area contributed by atoms with Crippen LogP contribution in [-0.4, -0.2) is 25.7 Å². The summed E-state index contributed by atoms with van der Waals surface area (Å²) in [6.07, 6.45) is 1.44. The van der Waals surface area contributed by atoms with Crippen LogP contribution >= 0.6 is 0 Å². The van der Waals surface area contributed by atoms with Gasteiger partial charge in [0.15, 0.2) is 6.54 Å². The van der Waals surface area contributed by atoms with Crippen molar-refractivity contribution in [2.75, 3.05) is 0 Å². The lowest BCUT2D eigenvalue weighted by molar-refractivity contribution is -0.659. The third-order valence-corrected chi connectivity index (χ3v) is 4.22. The number of fused-ring (bicyclic) bond motifs is 1. The van der Waals surface area contributed by atoms with Gasteiger partial charge in [0, 0.05) is 14.1 Å². The molecule has 3 rings (SSSR count). The van der Waals surface area contributed by atoms with E-state index in [2.05, 4.69) is 15.5 Å². The highest BCUT2D eigenvalue weighted by atomic mass is 16.3. The van der Waals surface area contributed by atoms with Crippen molar-refractivity contribution < 1.29 is 14.5 Å². The maximum absolute atomic E-state index is 12.4. The topological polar surface area (TPSA) is 128 Å². The number of rotatable bonds is 4. The number of benzene rings is 1. The van der Waals surface area contributed by atoms with Gasteiger partial charge in [0.05, 0.1) is 5.71 Å². The predicted octanol–water partition coefficient (Wildman–Crippen LogP) is -1.53. The summed E-state index contributed by atoms with van der Waals surface area (Å²) in [5, 5.41) is 15.7. The molecule has 0 aliphatic carbocycles. The van der Waals surface area contributed by atoms with E-state index in [0.29, 0.717) is 16.9 Å². The van der Waals surface area contributed by atoms with Gasteiger partial charge >= 0.3 is 11.2 Å². The number of amides is 1. The van der Waals surface area contributed by atoms with Gasteiger partial charge in [-0.05, 0) is 12.5 Å². The number of aryl methyl sites for hydroxylation is 1. The largest absolute Gasteiger partial charge is 0.872 e. The van der Waals surface area contributed by atoms with E-state index in [9.17, 15) is 19.5 Å². The monoisotopic (exact) mass is 370 g/mol. The van der Waals surface area contributed by atoms with Crippen LogP contribution in [0, 0.1) is 0 Å². The van der Waals surface area contributed by atoms with Gasteiger partial charge in [-0.15, -0.1) is 0 Å². The fourth-order valence-corrected chi connectivity index (χ4v) is 2.74. The molecule has 2 aromatic heterocycles. The van der Waals surface area contributed by atoms with E-state index in [4.69, 9.17) is 0 Å². The quantitative estimate of drug-likeness (QED) is 0.328. The zero-order valence-corrected chi connectivity index (χ0v) is 15.0. The molecular formula is C17H18N6O4. The maximum atomic E-state index is 12.4. The Balaban J connectivity index is 1.85. The van der Waals surface area contributed by atoms with E-state index in [-0.39, 0.29) is 17.8 Å². The van der Waals surface area contributed by atoms with Crippen molar-refractivity contribution in [1.82, 2.24) is 19.5 Å². The van der Waals surface area contributed by atoms with Gasteiger partial charge in [-0.25, -0.2) is 19.8 Å². The van der Waals surface area contributed by atoms with Crippen LogP contribution in [0.15, 0.2) is 45.3 Å². The summed E-state index contributed by atoms with van der Waals surface area (Å²) in [5.41, 5.74) is 2.66. The van der Waals surface area contributed by atoms with E-state index in [1.54, 1.807) is 25.1 Å². The van der Waals surface area contributed by atoms with E-state index in [1.807, 2.05) is 0 Å². The lowest BCUT2D eigenvalue weighted by Gasteiger charge is -2.12. The van der Waals surface area contributed by atoms with E-state index < -0.39 is 17.2 Å². The number of hydrogen-bond acceptors (Lipinski definition) is 5. The van der Waals surface area contributed by atoms with Gasteiger partial charge in [-0.2, -0.15) is 5.10 Å². The number of carbonyl (C=O) groups excluding carboxylic acids is 1. The Kier molecular flexibility index (Phi) is 4.63. The number of aromatic nitrogens is 4. The Hall–Kier alpha value is -3.69. The zero-order chi connectivity index (χ0) is 19.7. The molecule has 1 aromatic carbocycles. The van der Waals surface area contributed by atoms with Crippen LogP contribution in [0.3, 0.4) is 0 Å². The molecule has 0 radical (unpaired) electrons. The number of hydrazone groups is 1. The predicted molar refractivity (Wildman–Crippen MR) is 95.2 cm³/mol. The van der Waals surface area contributed by atoms with Gasteiger partial charge < -0.3 is 5.11 Å². The SMILES string of the molecule is CC(=NNC(=O)C[n+]1c[nH]c2c1c(=O)n(C)c(=O)n2C)c1ccccc1[O-]. The third kappa shape index (κ3) is 3.24. The van der Waals surface area contributed by atoms with Gasteiger partial charge in [-0.3, -0.25) is 18.7 Å². The number of hydrogen-bond donors (Lipinski definition) is 2. The standard InChI is InChI=1S/C17H18N6O4/c1-10(11-6-4-5-7-12(11)24)19-20-13(25)8-23-9-18-15-14(23)16(26)22(3)17(27)21(15)2/h4-7,9H,8H2,1-3H3,(H2,19,20,24,25). The fraction of sp³-hybridized carbons (Fsp3) is 0.235. The Labute approximate surface area is 153 Å². The Morgan fingerprint density at radius 3 is 2.67 bits per heavy atom. The van der Waals surface area contributed by atoms with Crippen molar-refractivity contribution in [2.45, 2.75) is 13.5 Å². The second-order valence-electron chi connectivity index (χ2n) is 6.03. The molecule has 2 heterocycles. The molecule has 2 N–H and O–H groups in total. The number of nitrogens with zero attached hydrogens (tertiary/aromatic N) is 4. The molecule has 27 heavy (non-hydrogen) atoms. The summed E-state index contributed by atoms with van der Waals surface area (Å²) in [7, 11) is 2.90. The van der Waals surface area contributed by atoms with Crippen molar-refractivity contribution in [2.24, 2.45) is 19.2 Å². The van der Waals surface area contributed by atoms with Crippen LogP contribution in [0.5, 0.6) is 5.75 Å². The summed E-state index contributed by atoms with van der Waals surface area (Å²) in [6.45, 7) is 1.42. The average molecular weight is 370 g/mol. The minimum absolute atomic E-state index is 0.191. The van der Waals surface area contributed by atoms with E-state index in [1.165, 1.54) is 35.6 Å². The molecule has 0 bridgehead atoms. The van der Waals surface area contributed by atoms with Crippen molar-refractivity contribution in [3.63, 3.8) is 0 Å². The summed E-state index contributed by atoms with van der Waals surface area (Å²) < 4.78 is 3.66. The fourth-order valence-electron chi connectivity index (χ4n) is 2.74. The number of aromatic amines is 1. The zero-order valence-electron chi connectivity index (χ0n) is 15.0. The van der Waals surface area contributed by atoms with Gasteiger partial charge in [0.25, 0.3) is 17.1 Å². The van der Waals surface area contributed by atoms with Crippen molar-refractivity contribution in [3.8, 4) is 5.75 Å². The van der Waals surface area contributed by atoms with Crippen molar-refractivity contribution >= 4 is 22.8 Å². The molecule has 3 aromatic rings. The van der Waals surface area contributed by atoms with Crippen LogP contribution in [0.4, 0.5) is 0 Å². The highest BCUT2D eigenvalue weighted by Crippen LogP contribution is 2.12. The highest BCUT2D eigenvalue weighted by Gasteiger charge is 2.21. The first-order chi connectivity index (χ1) is 12.8. The minimum Gasteiger partial charge on any atom is -0.872 e. The normalized spacial score (nSPS) is 11.7. The molecule has 10 heteroatoms. The highest BCUT2D eigenvalue weighted by molar-refractivity contribution is 6.01. The second kappa shape index (κ2) is 6.90. The van der Waals surface area contributed by atoms with Gasteiger partial charge in [0.1, 0.15) is 0 Å². The lowest BCUT2D eigenvalue weighted by atomic mass is 10.1. The Morgan fingerprint density at radius 2 is 1.96 bits per heavy atom. The number of imidazole rings is 1. The lowest BCUT2D eigenvalue weighted by Crippen LogP contribution is -2.46. The molecule has 10 nitrogen and oxygen atoms in total. The molecule has 0 saturated heterocycles. The number of nitrogens with one attached hydrogen (secondary N) is 2. The molecule has 140 valence electrons. The molecule has 0 spiro atoms. The second-order valence-corrected chi connectivity index (χ2v) is 6.03. The number of para-hydroxylation sites is 1. The molecule has 1 amide bonds. The van der Waals surface area contributed by atoms with Crippen LogP contribution in [0.25, 0.3) is 11.2 Å². The Morgan fingerprint density at radius 1 is 1.26 bits per heavy atom. The third-order valence-electron chi connectivity index (χ3n) is 4.22. The van der Waals surface area contributed by atoms with E-state index >= 15 is 0 Å². The molecule has 0 saturated carbocycles. The molecular weight excluding hydrogens is 352 g/mol. The van der Waals surface area contributed by atoms with Crippen LogP contribution in [0.2, 0.25) is 0 Å². The number of H-pyrrole nitrogens is 1. The maximum Gasteiger partial charge on any atom is 0.333 e. The van der Waals surface area contributed by atoms with Crippen LogP contribution in [-0.2, 0) is 25.4 Å². The molecule has 0 aliphatic rings. The molecule has 0 atom stereocenters. The molecule has 0 fully saturated rings.